The maximum absolute atomic E-state index is 13.0. The maximum Gasteiger partial charge on any atom is 0.212 e. The summed E-state index contributed by atoms with van der Waals surface area (Å²) >= 11 is 0. The molecule has 7 heteroatoms. The highest BCUT2D eigenvalue weighted by atomic mass is 32.2. The van der Waals surface area contributed by atoms with Crippen molar-refractivity contribution in [3.63, 3.8) is 0 Å². The minimum Gasteiger partial charge on any atom is -0.314 e. The molecule has 21 heavy (non-hydrogen) atoms. The van der Waals surface area contributed by atoms with E-state index < -0.39 is 10.0 Å². The third kappa shape index (κ3) is 6.09. The van der Waals surface area contributed by atoms with Gasteiger partial charge >= 0.3 is 0 Å². The topological polar surface area (TPSA) is 61.4 Å². The Hall–Kier alpha value is -1.02. The quantitative estimate of drug-likeness (QED) is 0.754. The predicted octanol–water partition coefficient (Wildman–Crippen LogP) is 0.193. The Bertz CT molecular complexity index is 545. The molecule has 0 unspecified atom stereocenters. The Balaban J connectivity index is 1.70. The smallest absolute Gasteiger partial charge is 0.212 e. The number of hydrogen-bond acceptors (Lipinski definition) is 4. The van der Waals surface area contributed by atoms with E-state index in [1.54, 1.807) is 12.1 Å². The van der Waals surface area contributed by atoms with Gasteiger partial charge in [-0.25, -0.2) is 17.5 Å². The first-order valence-corrected chi connectivity index (χ1v) is 8.85. The van der Waals surface area contributed by atoms with Gasteiger partial charge in [0, 0.05) is 39.3 Å². The van der Waals surface area contributed by atoms with Crippen LogP contribution in [0.25, 0.3) is 0 Å². The zero-order valence-corrected chi connectivity index (χ0v) is 12.8. The first-order chi connectivity index (χ1) is 10.1. The zero-order chi connectivity index (χ0) is 15.1. The lowest BCUT2D eigenvalue weighted by Crippen LogP contribution is -2.46. The Morgan fingerprint density at radius 2 is 2.05 bits per heavy atom. The number of halogens is 1. The lowest BCUT2D eigenvalue weighted by molar-refractivity contribution is 0.253. The van der Waals surface area contributed by atoms with Crippen molar-refractivity contribution in [2.75, 3.05) is 45.0 Å². The highest BCUT2D eigenvalue weighted by Crippen LogP contribution is 2.04. The summed E-state index contributed by atoms with van der Waals surface area (Å²) in [4.78, 5) is 2.14. The third-order valence-electron chi connectivity index (χ3n) is 3.51. The highest BCUT2D eigenvalue weighted by molar-refractivity contribution is 7.89. The molecular weight excluding hydrogens is 293 g/mol. The van der Waals surface area contributed by atoms with Gasteiger partial charge in [-0.1, -0.05) is 12.1 Å². The summed E-state index contributed by atoms with van der Waals surface area (Å²) in [6.07, 6.45) is 0.491. The normalized spacial score (nSPS) is 17.0. The maximum atomic E-state index is 13.0. The molecule has 1 heterocycles. The van der Waals surface area contributed by atoms with Gasteiger partial charge in [-0.3, -0.25) is 4.90 Å². The highest BCUT2D eigenvalue weighted by Gasteiger charge is 2.14. The van der Waals surface area contributed by atoms with Gasteiger partial charge in [0.15, 0.2) is 0 Å². The van der Waals surface area contributed by atoms with Crippen molar-refractivity contribution in [2.45, 2.75) is 6.42 Å². The fourth-order valence-corrected chi connectivity index (χ4v) is 3.36. The van der Waals surface area contributed by atoms with Crippen LogP contribution in [0, 0.1) is 5.82 Å². The predicted molar refractivity (Wildman–Crippen MR) is 81.2 cm³/mol. The Morgan fingerprint density at radius 3 is 2.76 bits per heavy atom. The zero-order valence-electron chi connectivity index (χ0n) is 12.0. The molecule has 1 aromatic rings. The van der Waals surface area contributed by atoms with Crippen molar-refractivity contribution in [2.24, 2.45) is 0 Å². The van der Waals surface area contributed by atoms with Crippen molar-refractivity contribution in [1.29, 1.82) is 0 Å². The van der Waals surface area contributed by atoms with Crippen LogP contribution in [-0.4, -0.2) is 58.3 Å². The van der Waals surface area contributed by atoms with E-state index in [1.807, 2.05) is 0 Å². The van der Waals surface area contributed by atoms with E-state index in [0.29, 0.717) is 19.5 Å². The molecule has 0 amide bonds. The molecular formula is C14H22FN3O2S. The summed E-state index contributed by atoms with van der Waals surface area (Å²) in [5, 5.41) is 3.23. The average Bonchev–Trinajstić information content (AvgIpc) is 2.46. The number of hydrogen-bond donors (Lipinski definition) is 2. The summed E-state index contributed by atoms with van der Waals surface area (Å²) in [5.74, 6) is -0.190. The second kappa shape index (κ2) is 7.84. The standard InChI is InChI=1S/C14H22FN3O2S/c15-14-3-1-2-13(12-14)4-5-17-21(19,20)11-10-18-8-6-16-7-9-18/h1-3,12,16-17H,4-11H2. The van der Waals surface area contributed by atoms with Crippen LogP contribution >= 0.6 is 0 Å². The number of nitrogens with one attached hydrogen (secondary N) is 2. The molecule has 1 fully saturated rings. The molecule has 118 valence electrons. The molecule has 0 aromatic heterocycles. The van der Waals surface area contributed by atoms with Crippen LogP contribution in [-0.2, 0) is 16.4 Å². The molecule has 1 aliphatic rings. The third-order valence-corrected chi connectivity index (χ3v) is 4.87. The lowest BCUT2D eigenvalue weighted by Gasteiger charge is -2.26. The van der Waals surface area contributed by atoms with Crippen molar-refractivity contribution in [3.05, 3.63) is 35.6 Å². The summed E-state index contributed by atoms with van der Waals surface area (Å²) in [6, 6.07) is 6.22. The first kappa shape index (κ1) is 16.4. The Kier molecular flexibility index (Phi) is 6.10. The van der Waals surface area contributed by atoms with Gasteiger partial charge in [-0.15, -0.1) is 0 Å². The van der Waals surface area contributed by atoms with Crippen molar-refractivity contribution >= 4 is 10.0 Å². The molecule has 5 nitrogen and oxygen atoms in total. The summed E-state index contributed by atoms with van der Waals surface area (Å²) in [7, 11) is -3.27. The van der Waals surface area contributed by atoms with Gasteiger partial charge in [0.05, 0.1) is 5.75 Å². The molecule has 0 spiro atoms. The fraction of sp³-hybridized carbons (Fsp3) is 0.571. The van der Waals surface area contributed by atoms with E-state index in [-0.39, 0.29) is 11.6 Å². The van der Waals surface area contributed by atoms with Crippen LogP contribution < -0.4 is 10.0 Å². The van der Waals surface area contributed by atoms with Crippen LogP contribution in [0.3, 0.4) is 0 Å². The molecule has 0 atom stereocenters. The van der Waals surface area contributed by atoms with Crippen LogP contribution in [0.15, 0.2) is 24.3 Å². The fourth-order valence-electron chi connectivity index (χ4n) is 2.30. The lowest BCUT2D eigenvalue weighted by atomic mass is 10.1. The van der Waals surface area contributed by atoms with Gasteiger partial charge in [-0.05, 0) is 24.1 Å². The van der Waals surface area contributed by atoms with Gasteiger partial charge in [0.2, 0.25) is 10.0 Å². The minimum absolute atomic E-state index is 0.107. The van der Waals surface area contributed by atoms with Crippen molar-refractivity contribution in [1.82, 2.24) is 14.9 Å². The van der Waals surface area contributed by atoms with Crippen LogP contribution in [0.4, 0.5) is 4.39 Å². The second-order valence-electron chi connectivity index (χ2n) is 5.18. The summed E-state index contributed by atoms with van der Waals surface area (Å²) in [6.45, 7) is 4.45. The molecule has 1 saturated heterocycles. The van der Waals surface area contributed by atoms with E-state index in [1.165, 1.54) is 12.1 Å². The number of sulfonamides is 1. The van der Waals surface area contributed by atoms with Crippen molar-refractivity contribution in [3.8, 4) is 0 Å². The molecule has 0 bridgehead atoms. The summed E-state index contributed by atoms with van der Waals surface area (Å²) in [5.41, 5.74) is 0.791. The van der Waals surface area contributed by atoms with E-state index >= 15 is 0 Å². The van der Waals surface area contributed by atoms with E-state index in [9.17, 15) is 12.8 Å². The monoisotopic (exact) mass is 315 g/mol. The second-order valence-corrected chi connectivity index (χ2v) is 7.11. The molecule has 0 aliphatic carbocycles. The van der Waals surface area contributed by atoms with Crippen LogP contribution in [0.5, 0.6) is 0 Å². The van der Waals surface area contributed by atoms with Gasteiger partial charge < -0.3 is 5.32 Å². The average molecular weight is 315 g/mol. The number of piperazine rings is 1. The molecule has 1 aromatic carbocycles. The Labute approximate surface area is 125 Å². The molecule has 0 radical (unpaired) electrons. The first-order valence-electron chi connectivity index (χ1n) is 7.20. The molecule has 2 rings (SSSR count). The van der Waals surface area contributed by atoms with Crippen LogP contribution in [0.2, 0.25) is 0 Å². The largest absolute Gasteiger partial charge is 0.314 e. The Morgan fingerprint density at radius 1 is 1.29 bits per heavy atom. The number of benzene rings is 1. The van der Waals surface area contributed by atoms with E-state index in [2.05, 4.69) is 14.9 Å². The summed E-state index contributed by atoms with van der Waals surface area (Å²) < 4.78 is 39.4. The molecule has 0 saturated carbocycles. The number of rotatable bonds is 7. The molecule has 2 N–H and O–H groups in total. The van der Waals surface area contributed by atoms with E-state index in [4.69, 9.17) is 0 Å². The van der Waals surface area contributed by atoms with E-state index in [0.717, 1.165) is 31.7 Å². The van der Waals surface area contributed by atoms with Crippen molar-refractivity contribution < 1.29 is 12.8 Å². The van der Waals surface area contributed by atoms with Gasteiger partial charge in [0.1, 0.15) is 5.82 Å². The van der Waals surface area contributed by atoms with Gasteiger partial charge in [-0.2, -0.15) is 0 Å². The number of nitrogens with zero attached hydrogens (tertiary/aromatic N) is 1. The minimum atomic E-state index is -3.27. The molecule has 1 aliphatic heterocycles. The van der Waals surface area contributed by atoms with Gasteiger partial charge in [0.25, 0.3) is 0 Å². The SMILES string of the molecule is O=S(=O)(CCN1CCNCC1)NCCc1cccc(F)c1. The van der Waals surface area contributed by atoms with Crippen LogP contribution in [0.1, 0.15) is 5.56 Å².